The van der Waals surface area contributed by atoms with Crippen molar-refractivity contribution in [2.75, 3.05) is 13.2 Å². The first-order valence-electron chi connectivity index (χ1n) is 6.30. The van der Waals surface area contributed by atoms with Gasteiger partial charge in [0.1, 0.15) is 18.5 Å². The van der Waals surface area contributed by atoms with Gasteiger partial charge in [-0.25, -0.2) is 0 Å². The van der Waals surface area contributed by atoms with Crippen molar-refractivity contribution in [2.24, 2.45) is 0 Å². The first-order chi connectivity index (χ1) is 10.0. The van der Waals surface area contributed by atoms with Gasteiger partial charge in [-0.2, -0.15) is 4.98 Å². The highest BCUT2D eigenvalue weighted by atomic mass is 35.5. The number of nitrogens with one attached hydrogen (secondary N) is 1. The van der Waals surface area contributed by atoms with Crippen molar-refractivity contribution in [1.29, 1.82) is 0 Å². The van der Waals surface area contributed by atoms with E-state index in [1.165, 1.54) is 0 Å². The van der Waals surface area contributed by atoms with Crippen molar-refractivity contribution < 1.29 is 14.4 Å². The van der Waals surface area contributed by atoms with E-state index in [-0.39, 0.29) is 6.61 Å². The van der Waals surface area contributed by atoms with Crippen LogP contribution < -0.4 is 10.1 Å². The quantitative estimate of drug-likeness (QED) is 0.809. The number of aliphatic hydroxyl groups excluding tert-OH is 1. The lowest BCUT2D eigenvalue weighted by atomic mass is 10.3. The lowest BCUT2D eigenvalue weighted by molar-refractivity contribution is 0.106. The smallest absolute Gasteiger partial charge is 0.223 e. The number of hydrogen-bond donors (Lipinski definition) is 2. The molecule has 2 rings (SSSR count). The van der Waals surface area contributed by atoms with Crippen molar-refractivity contribution in [3.8, 4) is 5.75 Å². The molecule has 8 heteroatoms. The van der Waals surface area contributed by atoms with Crippen LogP contribution in [0, 0.1) is 6.92 Å². The summed E-state index contributed by atoms with van der Waals surface area (Å²) in [6.45, 7) is 2.61. The Bertz CT molecular complexity index is 592. The Morgan fingerprint density at radius 1 is 1.38 bits per heavy atom. The van der Waals surface area contributed by atoms with Gasteiger partial charge in [0.15, 0.2) is 5.82 Å². The molecule has 0 bridgehead atoms. The van der Waals surface area contributed by atoms with E-state index in [0.717, 1.165) is 0 Å². The van der Waals surface area contributed by atoms with Gasteiger partial charge in [-0.1, -0.05) is 28.4 Å². The maximum atomic E-state index is 9.81. The highest BCUT2D eigenvalue weighted by Gasteiger charge is 2.08. The molecule has 1 aromatic carbocycles. The zero-order chi connectivity index (χ0) is 15.2. The van der Waals surface area contributed by atoms with Crippen LogP contribution in [-0.2, 0) is 6.54 Å². The number of aryl methyl sites for hydroxylation is 1. The topological polar surface area (TPSA) is 80.4 Å². The molecule has 114 valence electrons. The summed E-state index contributed by atoms with van der Waals surface area (Å²) >= 11 is 11.7. The summed E-state index contributed by atoms with van der Waals surface area (Å²) < 4.78 is 10.3. The number of benzene rings is 1. The van der Waals surface area contributed by atoms with Crippen LogP contribution in [0.1, 0.15) is 11.7 Å². The number of nitrogens with zero attached hydrogens (tertiary/aromatic N) is 2. The van der Waals surface area contributed by atoms with Gasteiger partial charge in [0.2, 0.25) is 5.89 Å². The van der Waals surface area contributed by atoms with E-state index in [9.17, 15) is 5.11 Å². The Labute approximate surface area is 132 Å². The third-order valence-electron chi connectivity index (χ3n) is 2.57. The molecule has 21 heavy (non-hydrogen) atoms. The third-order valence-corrected chi connectivity index (χ3v) is 3.31. The zero-order valence-corrected chi connectivity index (χ0v) is 12.9. The second kappa shape index (κ2) is 7.61. The van der Waals surface area contributed by atoms with E-state index >= 15 is 0 Å². The molecule has 1 unspecified atom stereocenters. The number of aromatic nitrogens is 2. The van der Waals surface area contributed by atoms with Crippen LogP contribution in [0.15, 0.2) is 22.7 Å². The molecule has 6 nitrogen and oxygen atoms in total. The molecule has 0 radical (unpaired) electrons. The van der Waals surface area contributed by atoms with E-state index in [2.05, 4.69) is 15.5 Å². The summed E-state index contributed by atoms with van der Waals surface area (Å²) in [5.74, 6) is 1.61. The zero-order valence-electron chi connectivity index (χ0n) is 11.3. The molecular weight excluding hydrogens is 317 g/mol. The minimum atomic E-state index is -0.674. The predicted octanol–water partition coefficient (Wildman–Crippen LogP) is 2.21. The summed E-state index contributed by atoms with van der Waals surface area (Å²) in [6, 6.07) is 4.94. The lowest BCUT2D eigenvalue weighted by Gasteiger charge is -2.13. The Morgan fingerprint density at radius 3 is 2.86 bits per heavy atom. The van der Waals surface area contributed by atoms with Gasteiger partial charge in [-0.15, -0.1) is 0 Å². The Balaban J connectivity index is 1.69. The van der Waals surface area contributed by atoms with Gasteiger partial charge >= 0.3 is 0 Å². The molecule has 0 spiro atoms. The monoisotopic (exact) mass is 331 g/mol. The number of halogens is 2. The van der Waals surface area contributed by atoms with Gasteiger partial charge in [-0.05, 0) is 12.1 Å². The van der Waals surface area contributed by atoms with Crippen LogP contribution in [0.3, 0.4) is 0 Å². The Morgan fingerprint density at radius 2 is 2.19 bits per heavy atom. The highest BCUT2D eigenvalue weighted by Crippen LogP contribution is 2.26. The fourth-order valence-corrected chi connectivity index (χ4v) is 1.87. The molecule has 0 fully saturated rings. The van der Waals surface area contributed by atoms with Crippen molar-refractivity contribution >= 4 is 23.2 Å². The van der Waals surface area contributed by atoms with Gasteiger partial charge in [0.05, 0.1) is 16.6 Å². The summed E-state index contributed by atoms with van der Waals surface area (Å²) in [6.07, 6.45) is -0.674. The normalized spacial score (nSPS) is 12.4. The largest absolute Gasteiger partial charge is 0.491 e. The number of ether oxygens (including phenoxy) is 1. The summed E-state index contributed by atoms with van der Waals surface area (Å²) in [5, 5.41) is 17.4. The summed E-state index contributed by atoms with van der Waals surface area (Å²) in [5.41, 5.74) is 0. The van der Waals surface area contributed by atoms with E-state index in [0.29, 0.717) is 40.6 Å². The minimum absolute atomic E-state index is 0.135. The fraction of sp³-hybridized carbons (Fsp3) is 0.385. The summed E-state index contributed by atoms with van der Waals surface area (Å²) in [4.78, 5) is 4.04. The maximum absolute atomic E-state index is 9.81. The Hall–Kier alpha value is -1.34. The third kappa shape index (κ3) is 5.17. The van der Waals surface area contributed by atoms with E-state index in [1.807, 2.05) is 0 Å². The highest BCUT2D eigenvalue weighted by molar-refractivity contribution is 6.42. The maximum Gasteiger partial charge on any atom is 0.223 e. The van der Waals surface area contributed by atoms with Crippen LogP contribution in [0.25, 0.3) is 0 Å². The van der Waals surface area contributed by atoms with Crippen molar-refractivity contribution in [3.63, 3.8) is 0 Å². The second-order valence-corrected chi connectivity index (χ2v) is 5.22. The number of hydrogen-bond acceptors (Lipinski definition) is 6. The number of aliphatic hydroxyl groups is 1. The molecule has 0 aliphatic carbocycles. The molecule has 0 saturated heterocycles. The number of rotatable bonds is 7. The van der Waals surface area contributed by atoms with Crippen molar-refractivity contribution in [2.45, 2.75) is 19.6 Å². The predicted molar refractivity (Wildman–Crippen MR) is 78.7 cm³/mol. The molecule has 2 N–H and O–H groups in total. The Kier molecular flexibility index (Phi) is 5.81. The minimum Gasteiger partial charge on any atom is -0.491 e. The molecule has 0 saturated carbocycles. The van der Waals surface area contributed by atoms with Gasteiger partial charge in [-0.3, -0.25) is 0 Å². The summed E-state index contributed by atoms with van der Waals surface area (Å²) in [7, 11) is 0. The standard InChI is InChI=1S/C13H15Cl2N3O3/c1-8-17-13(18-21-8)6-16-5-9(19)7-20-10-2-3-11(14)12(15)4-10/h2-4,9,16,19H,5-7H2,1H3. The van der Waals surface area contributed by atoms with Gasteiger partial charge < -0.3 is 19.7 Å². The van der Waals surface area contributed by atoms with E-state index in [4.69, 9.17) is 32.5 Å². The average Bonchev–Trinajstić information content (AvgIpc) is 2.86. The van der Waals surface area contributed by atoms with E-state index in [1.54, 1.807) is 25.1 Å². The van der Waals surface area contributed by atoms with Crippen LogP contribution in [0.4, 0.5) is 0 Å². The molecule has 2 aromatic rings. The van der Waals surface area contributed by atoms with Gasteiger partial charge in [0.25, 0.3) is 0 Å². The van der Waals surface area contributed by atoms with Crippen LogP contribution >= 0.6 is 23.2 Å². The molecule has 0 aliphatic rings. The van der Waals surface area contributed by atoms with Crippen molar-refractivity contribution in [3.05, 3.63) is 40.0 Å². The molecule has 0 amide bonds. The molecule has 1 atom stereocenters. The first kappa shape index (κ1) is 16.0. The van der Waals surface area contributed by atoms with Gasteiger partial charge in [0, 0.05) is 19.5 Å². The first-order valence-corrected chi connectivity index (χ1v) is 7.06. The SMILES string of the molecule is Cc1nc(CNCC(O)COc2ccc(Cl)c(Cl)c2)no1. The molecule has 1 heterocycles. The lowest BCUT2D eigenvalue weighted by Crippen LogP contribution is -2.31. The van der Waals surface area contributed by atoms with Crippen LogP contribution in [0.5, 0.6) is 5.75 Å². The average molecular weight is 332 g/mol. The van der Waals surface area contributed by atoms with E-state index < -0.39 is 6.10 Å². The molecule has 0 aliphatic heterocycles. The molecule has 1 aromatic heterocycles. The second-order valence-electron chi connectivity index (χ2n) is 4.40. The van der Waals surface area contributed by atoms with Crippen LogP contribution in [-0.4, -0.2) is 34.5 Å². The molecular formula is C13H15Cl2N3O3. The van der Waals surface area contributed by atoms with Crippen molar-refractivity contribution in [1.82, 2.24) is 15.5 Å². The van der Waals surface area contributed by atoms with Crippen LogP contribution in [0.2, 0.25) is 10.0 Å². The fourth-order valence-electron chi connectivity index (χ4n) is 1.58.